The van der Waals surface area contributed by atoms with E-state index < -0.39 is 0 Å². The zero-order valence-electron chi connectivity index (χ0n) is 11.3. The maximum atomic E-state index is 12.0. The number of nitrogens with two attached hydrogens (primary N) is 1. The molecule has 6 heteroatoms. The summed E-state index contributed by atoms with van der Waals surface area (Å²) in [7, 11) is 0. The van der Waals surface area contributed by atoms with E-state index >= 15 is 0 Å². The Kier molecular flexibility index (Phi) is 4.84. The first-order chi connectivity index (χ1) is 9.68. The largest absolute Gasteiger partial charge is 0.355 e. The van der Waals surface area contributed by atoms with Gasteiger partial charge >= 0.3 is 0 Å². The second-order valence-electron chi connectivity index (χ2n) is 4.60. The second kappa shape index (κ2) is 6.81. The van der Waals surface area contributed by atoms with E-state index in [1.165, 1.54) is 6.33 Å². The van der Waals surface area contributed by atoms with Crippen LogP contribution in [0.3, 0.4) is 0 Å². The summed E-state index contributed by atoms with van der Waals surface area (Å²) in [6.07, 6.45) is 1.85. The van der Waals surface area contributed by atoms with Crippen LogP contribution in [-0.4, -0.2) is 22.6 Å². The van der Waals surface area contributed by atoms with Crippen LogP contribution in [0.25, 0.3) is 0 Å². The van der Waals surface area contributed by atoms with Crippen LogP contribution in [0.1, 0.15) is 24.4 Å². The summed E-state index contributed by atoms with van der Waals surface area (Å²) in [5.74, 6) is 0.117. The summed E-state index contributed by atoms with van der Waals surface area (Å²) in [6.45, 7) is 2.27. The molecule has 1 aromatic carbocycles. The van der Waals surface area contributed by atoms with Gasteiger partial charge in [-0.15, -0.1) is 0 Å². The van der Waals surface area contributed by atoms with Gasteiger partial charge in [0.15, 0.2) is 6.33 Å². The maximum Gasteiger partial charge on any atom is 0.228 e. The molecule has 2 atom stereocenters. The minimum atomic E-state index is -0.320. The smallest absolute Gasteiger partial charge is 0.228 e. The first-order valence-electron chi connectivity index (χ1n) is 6.52. The molecule has 20 heavy (non-hydrogen) atoms. The van der Waals surface area contributed by atoms with Crippen LogP contribution in [0, 0.1) is 5.92 Å². The van der Waals surface area contributed by atoms with Crippen molar-refractivity contribution in [3.63, 3.8) is 0 Å². The molecule has 1 aromatic heterocycles. The molecule has 0 saturated carbocycles. The molecule has 106 valence electrons. The monoisotopic (exact) mass is 274 g/mol. The Bertz CT molecular complexity index is 527. The Morgan fingerprint density at radius 3 is 2.80 bits per heavy atom. The van der Waals surface area contributed by atoms with Crippen molar-refractivity contribution in [2.75, 3.05) is 6.54 Å². The summed E-state index contributed by atoms with van der Waals surface area (Å²) in [5, 5.41) is 6.33. The Labute approximate surface area is 117 Å². The van der Waals surface area contributed by atoms with Crippen molar-refractivity contribution in [2.45, 2.75) is 19.4 Å². The predicted octanol–water partition coefficient (Wildman–Crippen LogP) is 1.06. The normalized spacial score (nSPS) is 13.7. The third kappa shape index (κ3) is 3.64. The quantitative estimate of drug-likeness (QED) is 0.821. The van der Waals surface area contributed by atoms with E-state index in [1.807, 2.05) is 37.3 Å². The average Bonchev–Trinajstić information content (AvgIpc) is 2.99. The van der Waals surface area contributed by atoms with Crippen molar-refractivity contribution in [1.29, 1.82) is 0 Å². The summed E-state index contributed by atoms with van der Waals surface area (Å²) in [5.41, 5.74) is 7.06. The number of carbonyl (C=O) groups excluding carboxylic acids is 1. The number of benzene rings is 1. The minimum absolute atomic E-state index is 0.0825. The van der Waals surface area contributed by atoms with Gasteiger partial charge in [-0.3, -0.25) is 4.79 Å². The fourth-order valence-electron chi connectivity index (χ4n) is 1.89. The molecule has 1 heterocycles. The number of nitrogens with zero attached hydrogens (tertiary/aromatic N) is 2. The molecule has 0 spiro atoms. The van der Waals surface area contributed by atoms with E-state index in [-0.39, 0.29) is 17.9 Å². The average molecular weight is 274 g/mol. The lowest BCUT2D eigenvalue weighted by molar-refractivity contribution is -0.125. The van der Waals surface area contributed by atoms with Crippen LogP contribution < -0.4 is 11.1 Å². The molecule has 0 fully saturated rings. The van der Waals surface area contributed by atoms with Crippen molar-refractivity contribution in [1.82, 2.24) is 15.5 Å². The van der Waals surface area contributed by atoms with Gasteiger partial charge in [0, 0.05) is 19.0 Å². The summed E-state index contributed by atoms with van der Waals surface area (Å²) >= 11 is 0. The summed E-state index contributed by atoms with van der Waals surface area (Å²) < 4.78 is 4.86. The molecule has 0 aliphatic carbocycles. The first-order valence-corrected chi connectivity index (χ1v) is 6.52. The van der Waals surface area contributed by atoms with Crippen LogP contribution >= 0.6 is 0 Å². The third-order valence-electron chi connectivity index (χ3n) is 3.18. The SMILES string of the molecule is CC(C(=O)NCCc1ncno1)C(N)c1ccccc1. The van der Waals surface area contributed by atoms with E-state index in [0.29, 0.717) is 18.9 Å². The number of rotatable bonds is 6. The fourth-order valence-corrected chi connectivity index (χ4v) is 1.89. The lowest BCUT2D eigenvalue weighted by atomic mass is 9.95. The standard InChI is InChI=1S/C14H18N4O2/c1-10(13(15)11-5-3-2-4-6-11)14(19)16-8-7-12-17-9-18-20-12/h2-6,9-10,13H,7-8,15H2,1H3,(H,16,19). The highest BCUT2D eigenvalue weighted by Crippen LogP contribution is 2.18. The highest BCUT2D eigenvalue weighted by molar-refractivity contribution is 5.79. The van der Waals surface area contributed by atoms with Crippen LogP contribution in [-0.2, 0) is 11.2 Å². The van der Waals surface area contributed by atoms with Crippen molar-refractivity contribution < 1.29 is 9.32 Å². The summed E-state index contributed by atoms with van der Waals surface area (Å²) in [4.78, 5) is 15.9. The molecule has 2 rings (SSSR count). The van der Waals surface area contributed by atoms with E-state index in [9.17, 15) is 4.79 Å². The summed E-state index contributed by atoms with van der Waals surface area (Å²) in [6, 6.07) is 9.27. The van der Waals surface area contributed by atoms with Gasteiger partial charge in [0.05, 0.1) is 5.92 Å². The lowest BCUT2D eigenvalue weighted by Gasteiger charge is -2.19. The fraction of sp³-hybridized carbons (Fsp3) is 0.357. The van der Waals surface area contributed by atoms with Crippen molar-refractivity contribution in [3.05, 3.63) is 48.1 Å². The molecule has 2 unspecified atom stereocenters. The van der Waals surface area contributed by atoms with Gasteiger partial charge < -0.3 is 15.6 Å². The Morgan fingerprint density at radius 1 is 1.40 bits per heavy atom. The van der Waals surface area contributed by atoms with Gasteiger partial charge in [-0.1, -0.05) is 42.4 Å². The molecule has 3 N–H and O–H groups in total. The molecule has 0 radical (unpaired) electrons. The molecular weight excluding hydrogens is 256 g/mol. The van der Waals surface area contributed by atoms with Gasteiger partial charge in [0.1, 0.15) is 0 Å². The molecule has 0 aliphatic rings. The van der Waals surface area contributed by atoms with E-state index in [2.05, 4.69) is 15.5 Å². The second-order valence-corrected chi connectivity index (χ2v) is 4.60. The number of amides is 1. The van der Waals surface area contributed by atoms with E-state index in [4.69, 9.17) is 10.3 Å². The third-order valence-corrected chi connectivity index (χ3v) is 3.18. The molecule has 1 amide bonds. The van der Waals surface area contributed by atoms with Crippen LogP contribution in [0.2, 0.25) is 0 Å². The number of aromatic nitrogens is 2. The Morgan fingerprint density at radius 2 is 2.15 bits per heavy atom. The van der Waals surface area contributed by atoms with Gasteiger partial charge in [0.25, 0.3) is 0 Å². The van der Waals surface area contributed by atoms with Crippen molar-refractivity contribution in [2.24, 2.45) is 11.7 Å². The Hall–Kier alpha value is -2.21. The predicted molar refractivity (Wildman–Crippen MR) is 73.5 cm³/mol. The number of nitrogens with one attached hydrogen (secondary N) is 1. The molecule has 0 bridgehead atoms. The van der Waals surface area contributed by atoms with Gasteiger partial charge in [0.2, 0.25) is 11.8 Å². The van der Waals surface area contributed by atoms with Crippen LogP contribution in [0.4, 0.5) is 0 Å². The Balaban J connectivity index is 1.82. The number of hydrogen-bond donors (Lipinski definition) is 2. The minimum Gasteiger partial charge on any atom is -0.355 e. The molecule has 0 saturated heterocycles. The topological polar surface area (TPSA) is 94.0 Å². The van der Waals surface area contributed by atoms with Gasteiger partial charge in [-0.2, -0.15) is 4.98 Å². The first kappa shape index (κ1) is 14.2. The van der Waals surface area contributed by atoms with Gasteiger partial charge in [-0.25, -0.2) is 0 Å². The van der Waals surface area contributed by atoms with Gasteiger partial charge in [-0.05, 0) is 5.56 Å². The van der Waals surface area contributed by atoms with E-state index in [0.717, 1.165) is 5.56 Å². The molecule has 0 aliphatic heterocycles. The molecule has 6 nitrogen and oxygen atoms in total. The zero-order chi connectivity index (χ0) is 14.4. The maximum absolute atomic E-state index is 12.0. The lowest BCUT2D eigenvalue weighted by Crippen LogP contribution is -2.36. The molecule has 2 aromatic rings. The number of carbonyl (C=O) groups is 1. The van der Waals surface area contributed by atoms with E-state index in [1.54, 1.807) is 0 Å². The van der Waals surface area contributed by atoms with Crippen molar-refractivity contribution >= 4 is 5.91 Å². The number of hydrogen-bond acceptors (Lipinski definition) is 5. The van der Waals surface area contributed by atoms with Crippen LogP contribution in [0.15, 0.2) is 41.2 Å². The van der Waals surface area contributed by atoms with Crippen LogP contribution in [0.5, 0.6) is 0 Å². The highest BCUT2D eigenvalue weighted by Gasteiger charge is 2.21. The zero-order valence-corrected chi connectivity index (χ0v) is 11.3. The molecular formula is C14H18N4O2. The highest BCUT2D eigenvalue weighted by atomic mass is 16.5. The van der Waals surface area contributed by atoms with Crippen molar-refractivity contribution in [3.8, 4) is 0 Å².